The van der Waals surface area contributed by atoms with E-state index in [9.17, 15) is 26.7 Å². The molecule has 0 saturated carbocycles. The lowest BCUT2D eigenvalue weighted by Gasteiger charge is -2.35. The SMILES string of the molecule is O=C(c1cc(F)ccc1F)N1CCN(c2ccc(C(F)(F)F)cn2)CC1. The molecule has 3 rings (SSSR count). The molecule has 1 aromatic carbocycles. The van der Waals surface area contributed by atoms with E-state index in [0.717, 1.165) is 30.5 Å². The van der Waals surface area contributed by atoms with Crippen molar-refractivity contribution in [1.82, 2.24) is 9.88 Å². The normalized spacial score (nSPS) is 15.3. The summed E-state index contributed by atoms with van der Waals surface area (Å²) < 4.78 is 64.7. The van der Waals surface area contributed by atoms with E-state index in [1.807, 2.05) is 0 Å². The highest BCUT2D eigenvalue weighted by molar-refractivity contribution is 5.94. The molecular formula is C17H14F5N3O. The first-order chi connectivity index (χ1) is 12.3. The largest absolute Gasteiger partial charge is 0.417 e. The Morgan fingerprint density at radius 2 is 1.69 bits per heavy atom. The molecule has 0 aliphatic carbocycles. The van der Waals surface area contributed by atoms with Crippen molar-refractivity contribution in [3.8, 4) is 0 Å². The molecule has 0 radical (unpaired) electrons. The van der Waals surface area contributed by atoms with E-state index < -0.39 is 29.3 Å². The number of anilines is 1. The maximum Gasteiger partial charge on any atom is 0.417 e. The van der Waals surface area contributed by atoms with E-state index in [-0.39, 0.29) is 18.7 Å². The van der Waals surface area contributed by atoms with Crippen molar-refractivity contribution in [2.24, 2.45) is 0 Å². The number of halogens is 5. The number of benzene rings is 1. The van der Waals surface area contributed by atoms with Crippen LogP contribution in [0.1, 0.15) is 15.9 Å². The molecule has 1 amide bonds. The summed E-state index contributed by atoms with van der Waals surface area (Å²) >= 11 is 0. The van der Waals surface area contributed by atoms with Gasteiger partial charge in [-0.1, -0.05) is 0 Å². The Bertz CT molecular complexity index is 799. The second kappa shape index (κ2) is 6.89. The fourth-order valence-electron chi connectivity index (χ4n) is 2.71. The van der Waals surface area contributed by atoms with E-state index in [4.69, 9.17) is 0 Å². The third-order valence-electron chi connectivity index (χ3n) is 4.12. The van der Waals surface area contributed by atoms with Gasteiger partial charge in [-0.15, -0.1) is 0 Å². The Balaban J connectivity index is 1.65. The Hall–Kier alpha value is -2.71. The minimum absolute atomic E-state index is 0.220. The van der Waals surface area contributed by atoms with Crippen molar-refractivity contribution in [2.75, 3.05) is 31.1 Å². The first-order valence-corrected chi connectivity index (χ1v) is 7.78. The van der Waals surface area contributed by atoms with Gasteiger partial charge in [0.2, 0.25) is 0 Å². The molecule has 2 heterocycles. The molecule has 1 aliphatic heterocycles. The van der Waals surface area contributed by atoms with Gasteiger partial charge >= 0.3 is 6.18 Å². The molecule has 1 saturated heterocycles. The number of rotatable bonds is 2. The molecule has 0 spiro atoms. The minimum atomic E-state index is -4.45. The summed E-state index contributed by atoms with van der Waals surface area (Å²) in [5.41, 5.74) is -1.18. The number of carbonyl (C=O) groups excluding carboxylic acids is 1. The van der Waals surface area contributed by atoms with Crippen LogP contribution < -0.4 is 4.90 Å². The predicted octanol–water partition coefficient (Wildman–Crippen LogP) is 3.34. The lowest BCUT2D eigenvalue weighted by molar-refractivity contribution is -0.137. The summed E-state index contributed by atoms with van der Waals surface area (Å²) in [6.45, 7) is 1.08. The molecule has 0 bridgehead atoms. The summed E-state index contributed by atoms with van der Waals surface area (Å²) in [6.07, 6.45) is -3.69. The Kier molecular flexibility index (Phi) is 4.80. The van der Waals surface area contributed by atoms with Gasteiger partial charge in [-0.05, 0) is 30.3 Å². The minimum Gasteiger partial charge on any atom is -0.353 e. The third-order valence-corrected chi connectivity index (χ3v) is 4.12. The van der Waals surface area contributed by atoms with Crippen LogP contribution in [0.25, 0.3) is 0 Å². The van der Waals surface area contributed by atoms with Gasteiger partial charge in [0, 0.05) is 32.4 Å². The van der Waals surface area contributed by atoms with Crippen LogP contribution in [-0.2, 0) is 6.18 Å². The summed E-state index contributed by atoms with van der Waals surface area (Å²) in [6, 6.07) is 4.89. The van der Waals surface area contributed by atoms with Gasteiger partial charge in [-0.25, -0.2) is 13.8 Å². The smallest absolute Gasteiger partial charge is 0.353 e. The monoisotopic (exact) mass is 371 g/mol. The number of pyridine rings is 1. The Labute approximate surface area is 145 Å². The zero-order valence-electron chi connectivity index (χ0n) is 13.4. The average molecular weight is 371 g/mol. The second-order valence-corrected chi connectivity index (χ2v) is 5.81. The van der Waals surface area contributed by atoms with Crippen molar-refractivity contribution in [1.29, 1.82) is 0 Å². The lowest BCUT2D eigenvalue weighted by atomic mass is 10.1. The number of amides is 1. The van der Waals surface area contributed by atoms with Gasteiger partial charge in [-0.2, -0.15) is 13.2 Å². The fraction of sp³-hybridized carbons (Fsp3) is 0.294. The first kappa shape index (κ1) is 18.1. The zero-order valence-corrected chi connectivity index (χ0v) is 13.4. The zero-order chi connectivity index (χ0) is 18.9. The quantitative estimate of drug-likeness (QED) is 0.760. The number of nitrogens with zero attached hydrogens (tertiary/aromatic N) is 3. The number of carbonyl (C=O) groups is 1. The lowest BCUT2D eigenvalue weighted by Crippen LogP contribution is -2.49. The van der Waals surface area contributed by atoms with Gasteiger partial charge in [0.25, 0.3) is 5.91 Å². The van der Waals surface area contributed by atoms with Crippen LogP contribution in [0.5, 0.6) is 0 Å². The molecule has 0 N–H and O–H groups in total. The predicted molar refractivity (Wildman–Crippen MR) is 83.7 cm³/mol. The number of aromatic nitrogens is 1. The molecule has 2 aromatic rings. The number of hydrogen-bond acceptors (Lipinski definition) is 3. The van der Waals surface area contributed by atoms with Crippen molar-refractivity contribution in [3.05, 3.63) is 59.3 Å². The molecule has 138 valence electrons. The van der Waals surface area contributed by atoms with E-state index in [2.05, 4.69) is 4.98 Å². The summed E-state index contributed by atoms with van der Waals surface area (Å²) in [5, 5.41) is 0. The van der Waals surface area contributed by atoms with Crippen LogP contribution >= 0.6 is 0 Å². The Morgan fingerprint density at radius 3 is 2.27 bits per heavy atom. The summed E-state index contributed by atoms with van der Waals surface area (Å²) in [7, 11) is 0. The maximum absolute atomic E-state index is 13.7. The second-order valence-electron chi connectivity index (χ2n) is 5.81. The molecule has 1 aliphatic rings. The molecule has 0 unspecified atom stereocenters. The van der Waals surface area contributed by atoms with Crippen molar-refractivity contribution >= 4 is 11.7 Å². The topological polar surface area (TPSA) is 36.4 Å². The molecule has 4 nitrogen and oxygen atoms in total. The van der Waals surface area contributed by atoms with Crippen LogP contribution in [-0.4, -0.2) is 42.0 Å². The first-order valence-electron chi connectivity index (χ1n) is 7.78. The highest BCUT2D eigenvalue weighted by Crippen LogP contribution is 2.29. The van der Waals surface area contributed by atoms with E-state index in [0.29, 0.717) is 18.9 Å². The van der Waals surface area contributed by atoms with Gasteiger partial charge in [-0.3, -0.25) is 4.79 Å². The van der Waals surface area contributed by atoms with Crippen LogP contribution in [0.3, 0.4) is 0 Å². The highest BCUT2D eigenvalue weighted by atomic mass is 19.4. The summed E-state index contributed by atoms with van der Waals surface area (Å²) in [5.74, 6) is -1.77. The average Bonchev–Trinajstić information content (AvgIpc) is 2.63. The van der Waals surface area contributed by atoms with Gasteiger partial charge in [0.15, 0.2) is 0 Å². The van der Waals surface area contributed by atoms with Crippen molar-refractivity contribution in [3.63, 3.8) is 0 Å². The molecule has 1 fully saturated rings. The van der Waals surface area contributed by atoms with Crippen molar-refractivity contribution in [2.45, 2.75) is 6.18 Å². The standard InChI is InChI=1S/C17H14F5N3O/c18-12-2-3-14(19)13(9-12)16(26)25-7-5-24(6-8-25)15-4-1-11(10-23-15)17(20,21)22/h1-4,9-10H,5-8H2. The number of hydrogen-bond donors (Lipinski definition) is 0. The fourth-order valence-corrected chi connectivity index (χ4v) is 2.71. The van der Waals surface area contributed by atoms with Crippen LogP contribution in [0.15, 0.2) is 36.5 Å². The van der Waals surface area contributed by atoms with E-state index >= 15 is 0 Å². The Morgan fingerprint density at radius 1 is 1.00 bits per heavy atom. The number of alkyl halides is 3. The van der Waals surface area contributed by atoms with Crippen LogP contribution in [0.4, 0.5) is 27.8 Å². The van der Waals surface area contributed by atoms with Crippen molar-refractivity contribution < 1.29 is 26.7 Å². The third kappa shape index (κ3) is 3.76. The maximum atomic E-state index is 13.7. The van der Waals surface area contributed by atoms with E-state index in [1.54, 1.807) is 4.90 Å². The highest BCUT2D eigenvalue weighted by Gasteiger charge is 2.31. The number of piperazine rings is 1. The van der Waals surface area contributed by atoms with Gasteiger partial charge in [0.1, 0.15) is 17.5 Å². The van der Waals surface area contributed by atoms with Crippen LogP contribution in [0.2, 0.25) is 0 Å². The van der Waals surface area contributed by atoms with Crippen LogP contribution in [0, 0.1) is 11.6 Å². The molecular weight excluding hydrogens is 357 g/mol. The summed E-state index contributed by atoms with van der Waals surface area (Å²) in [4.78, 5) is 19.2. The van der Waals surface area contributed by atoms with Gasteiger partial charge in [0.05, 0.1) is 11.1 Å². The van der Waals surface area contributed by atoms with E-state index in [1.165, 1.54) is 11.0 Å². The molecule has 1 aromatic heterocycles. The molecule has 26 heavy (non-hydrogen) atoms. The molecule has 9 heteroatoms. The van der Waals surface area contributed by atoms with Gasteiger partial charge < -0.3 is 9.80 Å². The molecule has 0 atom stereocenters.